The highest BCUT2D eigenvalue weighted by Gasteiger charge is 2.27. The van der Waals surface area contributed by atoms with Crippen LogP contribution >= 0.6 is 0 Å². The molecule has 0 spiro atoms. The maximum atomic E-state index is 10.2. The van der Waals surface area contributed by atoms with E-state index < -0.39 is 5.60 Å². The summed E-state index contributed by atoms with van der Waals surface area (Å²) >= 11 is 0. The third kappa shape index (κ3) is 3.85. The third-order valence-corrected chi connectivity index (χ3v) is 6.64. The quantitative estimate of drug-likeness (QED) is 0.493. The van der Waals surface area contributed by atoms with Crippen molar-refractivity contribution in [3.63, 3.8) is 0 Å². The Morgan fingerprint density at radius 3 is 2.70 bits per heavy atom. The predicted molar refractivity (Wildman–Crippen MR) is 132 cm³/mol. The fraction of sp³-hybridized carbons (Fsp3) is 0.269. The number of hydrogen-bond acceptors (Lipinski definition) is 6. The van der Waals surface area contributed by atoms with Crippen molar-refractivity contribution in [2.45, 2.75) is 31.9 Å². The summed E-state index contributed by atoms with van der Waals surface area (Å²) < 4.78 is 2.00. The van der Waals surface area contributed by atoms with Gasteiger partial charge in [-0.3, -0.25) is 4.99 Å². The summed E-state index contributed by atoms with van der Waals surface area (Å²) in [5.74, 6) is 0.719. The lowest BCUT2D eigenvalue weighted by atomic mass is 9.93. The molecular weight excluding hydrogens is 412 g/mol. The Balaban J connectivity index is 1.27. The number of benzene rings is 2. The minimum atomic E-state index is -0.546. The van der Waals surface area contributed by atoms with E-state index in [9.17, 15) is 5.11 Å². The second kappa shape index (κ2) is 7.71. The molecule has 0 atom stereocenters. The van der Waals surface area contributed by atoms with Crippen LogP contribution in [-0.4, -0.2) is 44.4 Å². The van der Waals surface area contributed by atoms with Crippen LogP contribution in [0, 0.1) is 0 Å². The molecule has 4 aromatic rings. The van der Waals surface area contributed by atoms with Crippen molar-refractivity contribution in [1.82, 2.24) is 14.4 Å². The molecule has 0 saturated carbocycles. The molecule has 2 N–H and O–H groups in total. The average molecular weight is 439 g/mol. The second-order valence-electron chi connectivity index (χ2n) is 9.17. The molecule has 0 unspecified atom stereocenters. The maximum Gasteiger partial charge on any atom is 0.180 e. The van der Waals surface area contributed by atoms with Gasteiger partial charge in [0.1, 0.15) is 0 Å². The van der Waals surface area contributed by atoms with Gasteiger partial charge in [0.25, 0.3) is 0 Å². The van der Waals surface area contributed by atoms with Crippen molar-refractivity contribution in [2.24, 2.45) is 4.99 Å². The number of piperidine rings is 1. The minimum absolute atomic E-state index is 0.546. The summed E-state index contributed by atoms with van der Waals surface area (Å²) in [5, 5.41) is 13.7. The van der Waals surface area contributed by atoms with Gasteiger partial charge >= 0.3 is 0 Å². The van der Waals surface area contributed by atoms with Crippen molar-refractivity contribution < 1.29 is 5.11 Å². The topological polar surface area (TPSA) is 78.0 Å². The van der Waals surface area contributed by atoms with Crippen LogP contribution in [0.15, 0.2) is 66.0 Å². The summed E-state index contributed by atoms with van der Waals surface area (Å²) in [7, 11) is 0. The Hall–Kier alpha value is -3.71. The molecule has 2 aliphatic rings. The zero-order valence-corrected chi connectivity index (χ0v) is 18.6. The minimum Gasteiger partial charge on any atom is -0.390 e. The monoisotopic (exact) mass is 438 g/mol. The van der Waals surface area contributed by atoms with Gasteiger partial charge < -0.3 is 19.7 Å². The number of anilines is 3. The fourth-order valence-electron chi connectivity index (χ4n) is 4.56. The van der Waals surface area contributed by atoms with Crippen LogP contribution < -0.4 is 10.2 Å². The summed E-state index contributed by atoms with van der Waals surface area (Å²) in [6, 6.07) is 14.8. The number of nitrogens with one attached hydrogen (secondary N) is 1. The first-order valence-corrected chi connectivity index (χ1v) is 11.4. The van der Waals surface area contributed by atoms with Gasteiger partial charge in [-0.05, 0) is 61.2 Å². The van der Waals surface area contributed by atoms with Gasteiger partial charge in [-0.15, -0.1) is 0 Å². The van der Waals surface area contributed by atoms with Crippen LogP contribution in [-0.2, 0) is 6.54 Å². The lowest BCUT2D eigenvalue weighted by Gasteiger charge is -2.37. The Kier molecular flexibility index (Phi) is 4.66. The van der Waals surface area contributed by atoms with Crippen molar-refractivity contribution in [2.75, 3.05) is 23.3 Å². The van der Waals surface area contributed by atoms with E-state index in [2.05, 4.69) is 62.7 Å². The number of imidazole rings is 1. The fourth-order valence-corrected chi connectivity index (χ4v) is 4.56. The van der Waals surface area contributed by atoms with Gasteiger partial charge in [-0.25, -0.2) is 9.97 Å². The van der Waals surface area contributed by atoms with Crippen LogP contribution in [0.4, 0.5) is 17.2 Å². The number of hydrogen-bond donors (Lipinski definition) is 2. The summed E-state index contributed by atoms with van der Waals surface area (Å²) in [5.41, 5.74) is 6.72. The normalized spacial score (nSPS) is 16.8. The van der Waals surface area contributed by atoms with Crippen molar-refractivity contribution in [3.05, 3.63) is 72.2 Å². The van der Waals surface area contributed by atoms with Gasteiger partial charge in [0.2, 0.25) is 0 Å². The lowest BCUT2D eigenvalue weighted by molar-refractivity contribution is 0.0351. The molecule has 0 amide bonds. The molecular formula is C26H26N6O. The van der Waals surface area contributed by atoms with Gasteiger partial charge in [-0.2, -0.15) is 0 Å². The Labute approximate surface area is 192 Å². The molecule has 0 bridgehead atoms. The molecule has 1 fully saturated rings. The maximum absolute atomic E-state index is 10.2. The average Bonchev–Trinajstić information content (AvgIpc) is 3.48. The number of aliphatic imine (C=N–C) groups is 1. The standard InChI is InChI=1S/C26H26N6O/c1-26(33)8-11-31(12-9-26)22-6-4-21(5-7-22)29-24-25-28-10-13-32(25)17-23(30-24)18-2-3-19-15-27-16-20(19)14-18/h2-7,10,13-15,17,33H,8-9,11-12,16H2,1H3,(H,29,30). The summed E-state index contributed by atoms with van der Waals surface area (Å²) in [6.45, 7) is 4.38. The van der Waals surface area contributed by atoms with E-state index in [1.165, 1.54) is 16.8 Å². The Morgan fingerprint density at radius 1 is 1.06 bits per heavy atom. The molecule has 7 nitrogen and oxygen atoms in total. The molecule has 7 heteroatoms. The third-order valence-electron chi connectivity index (χ3n) is 6.64. The smallest absolute Gasteiger partial charge is 0.180 e. The Morgan fingerprint density at radius 2 is 1.88 bits per heavy atom. The van der Waals surface area contributed by atoms with E-state index in [1.54, 1.807) is 6.20 Å². The molecule has 1 saturated heterocycles. The zero-order valence-electron chi connectivity index (χ0n) is 18.6. The molecule has 33 heavy (non-hydrogen) atoms. The lowest BCUT2D eigenvalue weighted by Crippen LogP contribution is -2.42. The number of nitrogens with zero attached hydrogens (tertiary/aromatic N) is 5. The zero-order chi connectivity index (χ0) is 22.4. The Bertz CT molecular complexity index is 1350. The van der Waals surface area contributed by atoms with E-state index in [0.717, 1.165) is 60.9 Å². The molecule has 2 aromatic carbocycles. The van der Waals surface area contributed by atoms with Crippen LogP contribution in [0.5, 0.6) is 0 Å². The number of aromatic nitrogens is 3. The van der Waals surface area contributed by atoms with Crippen LogP contribution in [0.2, 0.25) is 0 Å². The SMILES string of the molecule is CC1(O)CCN(c2ccc(Nc3nc(-c4ccc5c(c4)CN=C5)cn4ccnc34)cc2)CC1. The van der Waals surface area contributed by atoms with E-state index in [-0.39, 0.29) is 0 Å². The van der Waals surface area contributed by atoms with Crippen LogP contribution in [0.1, 0.15) is 30.9 Å². The number of fused-ring (bicyclic) bond motifs is 2. The molecule has 2 aliphatic heterocycles. The second-order valence-corrected chi connectivity index (χ2v) is 9.17. The molecule has 166 valence electrons. The van der Waals surface area contributed by atoms with E-state index in [0.29, 0.717) is 0 Å². The van der Waals surface area contributed by atoms with Gasteiger partial charge in [-0.1, -0.05) is 12.1 Å². The van der Waals surface area contributed by atoms with Crippen LogP contribution in [0.25, 0.3) is 16.9 Å². The van der Waals surface area contributed by atoms with Crippen molar-refractivity contribution in [3.8, 4) is 11.3 Å². The summed E-state index contributed by atoms with van der Waals surface area (Å²) in [4.78, 5) is 16.1. The predicted octanol–water partition coefficient (Wildman–Crippen LogP) is 4.42. The number of aliphatic hydroxyl groups is 1. The van der Waals surface area contributed by atoms with E-state index in [1.807, 2.05) is 29.9 Å². The highest BCUT2D eigenvalue weighted by atomic mass is 16.3. The number of rotatable bonds is 4. The largest absolute Gasteiger partial charge is 0.390 e. The summed E-state index contributed by atoms with van der Waals surface area (Å²) in [6.07, 6.45) is 9.24. The first-order valence-electron chi connectivity index (χ1n) is 11.4. The van der Waals surface area contributed by atoms with Crippen molar-refractivity contribution >= 4 is 29.1 Å². The van der Waals surface area contributed by atoms with Crippen LogP contribution in [0.3, 0.4) is 0 Å². The molecule has 6 rings (SSSR count). The highest BCUT2D eigenvalue weighted by molar-refractivity contribution is 5.86. The van der Waals surface area contributed by atoms with E-state index in [4.69, 9.17) is 4.98 Å². The molecule has 4 heterocycles. The van der Waals surface area contributed by atoms with Gasteiger partial charge in [0, 0.05) is 54.8 Å². The molecule has 0 aliphatic carbocycles. The highest BCUT2D eigenvalue weighted by Crippen LogP contribution is 2.29. The first kappa shape index (κ1) is 19.9. The van der Waals surface area contributed by atoms with Crippen molar-refractivity contribution in [1.29, 1.82) is 0 Å². The van der Waals surface area contributed by atoms with Gasteiger partial charge in [0.05, 0.1) is 17.8 Å². The molecule has 0 radical (unpaired) electrons. The van der Waals surface area contributed by atoms with Gasteiger partial charge in [0.15, 0.2) is 11.5 Å². The van der Waals surface area contributed by atoms with E-state index >= 15 is 0 Å². The first-order chi connectivity index (χ1) is 16.0. The molecule has 2 aromatic heterocycles.